The van der Waals surface area contributed by atoms with Gasteiger partial charge in [-0.25, -0.2) is 9.97 Å². The third-order valence-corrected chi connectivity index (χ3v) is 2.08. The third kappa shape index (κ3) is 2.39. The summed E-state index contributed by atoms with van der Waals surface area (Å²) in [5.41, 5.74) is 0. The van der Waals surface area contributed by atoms with Gasteiger partial charge in [0.2, 0.25) is 5.95 Å². The number of hydrogen-bond donors (Lipinski definition) is 1. The van der Waals surface area contributed by atoms with E-state index in [0.717, 1.165) is 19.6 Å². The maximum atomic E-state index is 5.46. The standard InChI is InChI=1S/C9H13N3O/c1-3-8(13-6-1)7-12-9-10-4-2-5-11-9/h2,4-5,8H,1,3,6-7H2,(H,10,11,12)/t8-/m0/s1. The monoisotopic (exact) mass is 179 g/mol. The van der Waals surface area contributed by atoms with E-state index in [-0.39, 0.29) is 0 Å². The highest BCUT2D eigenvalue weighted by Crippen LogP contribution is 2.11. The smallest absolute Gasteiger partial charge is 0.222 e. The summed E-state index contributed by atoms with van der Waals surface area (Å²) in [7, 11) is 0. The van der Waals surface area contributed by atoms with Gasteiger partial charge in [-0.15, -0.1) is 0 Å². The maximum Gasteiger partial charge on any atom is 0.222 e. The Morgan fingerprint density at radius 3 is 3.00 bits per heavy atom. The number of nitrogens with one attached hydrogen (secondary N) is 1. The van der Waals surface area contributed by atoms with Crippen LogP contribution in [0.5, 0.6) is 0 Å². The van der Waals surface area contributed by atoms with Gasteiger partial charge in [0, 0.05) is 25.5 Å². The van der Waals surface area contributed by atoms with Crippen molar-refractivity contribution in [1.82, 2.24) is 9.97 Å². The summed E-state index contributed by atoms with van der Waals surface area (Å²) in [6.45, 7) is 1.70. The lowest BCUT2D eigenvalue weighted by molar-refractivity contribution is 0.120. The fraction of sp³-hybridized carbons (Fsp3) is 0.556. The van der Waals surface area contributed by atoms with Crippen LogP contribution < -0.4 is 5.32 Å². The Bertz CT molecular complexity index is 246. The number of anilines is 1. The van der Waals surface area contributed by atoms with Gasteiger partial charge in [-0.2, -0.15) is 0 Å². The number of ether oxygens (including phenoxy) is 1. The Kier molecular flexibility index (Phi) is 2.72. The van der Waals surface area contributed by atoms with E-state index in [9.17, 15) is 0 Å². The molecule has 2 heterocycles. The minimum atomic E-state index is 0.337. The molecule has 1 aliphatic heterocycles. The second-order valence-electron chi connectivity index (χ2n) is 3.09. The molecular weight excluding hydrogens is 166 g/mol. The molecule has 1 atom stereocenters. The predicted octanol–water partition coefficient (Wildman–Crippen LogP) is 1.07. The van der Waals surface area contributed by atoms with E-state index in [4.69, 9.17) is 4.74 Å². The predicted molar refractivity (Wildman–Crippen MR) is 49.5 cm³/mol. The van der Waals surface area contributed by atoms with Gasteiger partial charge in [0.15, 0.2) is 0 Å². The highest BCUT2D eigenvalue weighted by Gasteiger charge is 2.14. The van der Waals surface area contributed by atoms with Crippen molar-refractivity contribution in [2.24, 2.45) is 0 Å². The summed E-state index contributed by atoms with van der Waals surface area (Å²) in [4.78, 5) is 8.12. The highest BCUT2D eigenvalue weighted by molar-refractivity contribution is 5.22. The van der Waals surface area contributed by atoms with Crippen LogP contribution in [0.25, 0.3) is 0 Å². The molecule has 70 valence electrons. The zero-order chi connectivity index (χ0) is 8.93. The van der Waals surface area contributed by atoms with Crippen LogP contribution in [0.3, 0.4) is 0 Å². The van der Waals surface area contributed by atoms with E-state index in [1.807, 2.05) is 0 Å². The molecule has 2 rings (SSSR count). The first-order valence-electron chi connectivity index (χ1n) is 4.57. The molecule has 1 aliphatic rings. The largest absolute Gasteiger partial charge is 0.376 e. The van der Waals surface area contributed by atoms with Crippen molar-refractivity contribution in [2.45, 2.75) is 18.9 Å². The average Bonchev–Trinajstić information content (AvgIpc) is 2.69. The van der Waals surface area contributed by atoms with E-state index >= 15 is 0 Å². The van der Waals surface area contributed by atoms with Gasteiger partial charge < -0.3 is 10.1 Å². The molecule has 4 heteroatoms. The van der Waals surface area contributed by atoms with Crippen molar-refractivity contribution in [1.29, 1.82) is 0 Å². The number of rotatable bonds is 3. The highest BCUT2D eigenvalue weighted by atomic mass is 16.5. The lowest BCUT2D eigenvalue weighted by Gasteiger charge is -2.09. The fourth-order valence-corrected chi connectivity index (χ4v) is 1.40. The zero-order valence-electron chi connectivity index (χ0n) is 7.44. The van der Waals surface area contributed by atoms with Gasteiger partial charge in [-0.3, -0.25) is 0 Å². The van der Waals surface area contributed by atoms with Gasteiger partial charge in [-0.1, -0.05) is 0 Å². The van der Waals surface area contributed by atoms with Crippen LogP contribution in [-0.2, 0) is 4.74 Å². The molecule has 1 N–H and O–H groups in total. The first kappa shape index (κ1) is 8.44. The van der Waals surface area contributed by atoms with Gasteiger partial charge in [0.1, 0.15) is 0 Å². The molecule has 0 saturated carbocycles. The first-order chi connectivity index (χ1) is 6.45. The minimum absolute atomic E-state index is 0.337. The third-order valence-electron chi connectivity index (χ3n) is 2.08. The molecule has 0 amide bonds. The van der Waals surface area contributed by atoms with E-state index in [1.54, 1.807) is 18.5 Å². The van der Waals surface area contributed by atoms with Crippen molar-refractivity contribution in [3.63, 3.8) is 0 Å². The summed E-state index contributed by atoms with van der Waals surface area (Å²) in [6, 6.07) is 1.80. The molecule has 4 nitrogen and oxygen atoms in total. The molecule has 0 aromatic carbocycles. The van der Waals surface area contributed by atoms with Crippen LogP contribution in [0, 0.1) is 0 Å². The van der Waals surface area contributed by atoms with Crippen LogP contribution in [0.15, 0.2) is 18.5 Å². The van der Waals surface area contributed by atoms with Crippen molar-refractivity contribution in [3.05, 3.63) is 18.5 Å². The van der Waals surface area contributed by atoms with Gasteiger partial charge >= 0.3 is 0 Å². The quantitative estimate of drug-likeness (QED) is 0.754. The molecule has 0 unspecified atom stereocenters. The van der Waals surface area contributed by atoms with E-state index in [2.05, 4.69) is 15.3 Å². The molecule has 13 heavy (non-hydrogen) atoms. The van der Waals surface area contributed by atoms with E-state index in [1.165, 1.54) is 6.42 Å². The number of aromatic nitrogens is 2. The fourth-order valence-electron chi connectivity index (χ4n) is 1.40. The summed E-state index contributed by atoms with van der Waals surface area (Å²) < 4.78 is 5.46. The number of hydrogen-bond acceptors (Lipinski definition) is 4. The van der Waals surface area contributed by atoms with Crippen LogP contribution in [0.4, 0.5) is 5.95 Å². The maximum absolute atomic E-state index is 5.46. The molecule has 0 spiro atoms. The molecule has 1 aromatic heterocycles. The van der Waals surface area contributed by atoms with Crippen molar-refractivity contribution >= 4 is 5.95 Å². The van der Waals surface area contributed by atoms with E-state index in [0.29, 0.717) is 12.1 Å². The van der Waals surface area contributed by atoms with Gasteiger partial charge in [0.05, 0.1) is 6.10 Å². The molecule has 0 aliphatic carbocycles. The lowest BCUT2D eigenvalue weighted by atomic mass is 10.2. The normalized spacial score (nSPS) is 21.7. The summed E-state index contributed by atoms with van der Waals surface area (Å²) in [5, 5.41) is 3.14. The molecule has 1 saturated heterocycles. The SMILES string of the molecule is c1cnc(NC[C@@H]2CCCO2)nc1. The van der Waals surface area contributed by atoms with Crippen LogP contribution >= 0.6 is 0 Å². The van der Waals surface area contributed by atoms with Crippen molar-refractivity contribution < 1.29 is 4.74 Å². The van der Waals surface area contributed by atoms with Crippen molar-refractivity contribution in [3.8, 4) is 0 Å². The Labute approximate surface area is 77.4 Å². The number of nitrogens with zero attached hydrogens (tertiary/aromatic N) is 2. The second-order valence-corrected chi connectivity index (χ2v) is 3.09. The summed E-state index contributed by atoms with van der Waals surface area (Å²) >= 11 is 0. The molecular formula is C9H13N3O. The molecule has 1 aromatic rings. The van der Waals surface area contributed by atoms with Crippen LogP contribution in [0.1, 0.15) is 12.8 Å². The first-order valence-corrected chi connectivity index (χ1v) is 4.57. The second kappa shape index (κ2) is 4.18. The molecule has 1 fully saturated rings. The summed E-state index contributed by atoms with van der Waals surface area (Å²) in [5.74, 6) is 0.679. The Balaban J connectivity index is 1.79. The Morgan fingerprint density at radius 1 is 1.46 bits per heavy atom. The topological polar surface area (TPSA) is 47.0 Å². The summed E-state index contributed by atoms with van der Waals surface area (Å²) in [6.07, 6.45) is 6.10. The average molecular weight is 179 g/mol. The zero-order valence-corrected chi connectivity index (χ0v) is 7.44. The minimum Gasteiger partial charge on any atom is -0.376 e. The Hall–Kier alpha value is -1.16. The van der Waals surface area contributed by atoms with Crippen LogP contribution in [-0.4, -0.2) is 29.2 Å². The van der Waals surface area contributed by atoms with Crippen LogP contribution in [0.2, 0.25) is 0 Å². The lowest BCUT2D eigenvalue weighted by Crippen LogP contribution is -2.19. The molecule has 0 bridgehead atoms. The van der Waals surface area contributed by atoms with Gasteiger partial charge in [-0.05, 0) is 18.9 Å². The molecule has 0 radical (unpaired) electrons. The van der Waals surface area contributed by atoms with Gasteiger partial charge in [0.25, 0.3) is 0 Å². The van der Waals surface area contributed by atoms with Crippen molar-refractivity contribution in [2.75, 3.05) is 18.5 Å². The van der Waals surface area contributed by atoms with E-state index < -0.39 is 0 Å². The Morgan fingerprint density at radius 2 is 2.31 bits per heavy atom.